The molecule has 3 aromatic rings. The number of amides is 2. The molecule has 0 spiro atoms. The lowest BCUT2D eigenvalue weighted by Crippen LogP contribution is -2.23. The summed E-state index contributed by atoms with van der Waals surface area (Å²) in [5.74, 6) is -1.09. The van der Waals surface area contributed by atoms with Gasteiger partial charge in [-0.3, -0.25) is 9.59 Å². The highest BCUT2D eigenvalue weighted by atomic mass is 32.2. The Hall–Kier alpha value is -3.56. The lowest BCUT2D eigenvalue weighted by Gasteiger charge is -2.10. The summed E-state index contributed by atoms with van der Waals surface area (Å²) in [5.41, 5.74) is 2.63. The first-order valence-corrected chi connectivity index (χ1v) is 11.2. The van der Waals surface area contributed by atoms with Crippen molar-refractivity contribution in [3.05, 3.63) is 89.2 Å². The topological polar surface area (TPSA) is 104 Å². The van der Waals surface area contributed by atoms with Crippen LogP contribution in [0.15, 0.2) is 71.6 Å². The molecule has 0 atom stereocenters. The summed E-state index contributed by atoms with van der Waals surface area (Å²) in [6.45, 7) is 3.15. The summed E-state index contributed by atoms with van der Waals surface area (Å²) in [6.07, 6.45) is 0. The zero-order valence-corrected chi connectivity index (χ0v) is 18.3. The number of benzene rings is 3. The van der Waals surface area contributed by atoms with Gasteiger partial charge >= 0.3 is 0 Å². The third-order valence-electron chi connectivity index (χ3n) is 4.62. The molecule has 7 nitrogen and oxygen atoms in total. The van der Waals surface area contributed by atoms with Gasteiger partial charge in [-0.05, 0) is 66.6 Å². The van der Waals surface area contributed by atoms with E-state index in [1.807, 2.05) is 0 Å². The van der Waals surface area contributed by atoms with E-state index in [0.29, 0.717) is 22.5 Å². The lowest BCUT2D eigenvalue weighted by atomic mass is 10.1. The summed E-state index contributed by atoms with van der Waals surface area (Å²) in [6, 6.07) is 16.3. The molecule has 0 saturated heterocycles. The van der Waals surface area contributed by atoms with Crippen LogP contribution in [0.2, 0.25) is 0 Å². The predicted octanol–water partition coefficient (Wildman–Crippen LogP) is 3.82. The third kappa shape index (κ3) is 5.99. The van der Waals surface area contributed by atoms with Crippen LogP contribution >= 0.6 is 0 Å². The van der Waals surface area contributed by atoms with Crippen molar-refractivity contribution in [2.24, 2.45) is 0 Å². The number of carbonyl (C=O) groups excluding carboxylic acids is 2. The summed E-state index contributed by atoms with van der Waals surface area (Å²) < 4.78 is 40.9. The van der Waals surface area contributed by atoms with Gasteiger partial charge in [0, 0.05) is 30.4 Å². The molecule has 0 bridgehead atoms. The molecular weight excluding hydrogens is 433 g/mol. The van der Waals surface area contributed by atoms with Crippen LogP contribution in [0.25, 0.3) is 0 Å². The number of carbonyl (C=O) groups is 2. The standard InChI is InChI=1S/C23H22FN3O4S/c1-15-3-8-19(24)13-22(15)27-23(29)18-6-4-17(5-7-18)14-25-32(30,31)21-11-9-20(10-12-21)26-16(2)28/h3-13,25H,14H2,1-2H3,(H,26,28)(H,27,29). The van der Waals surface area contributed by atoms with Crippen molar-refractivity contribution >= 4 is 33.2 Å². The second kappa shape index (κ2) is 9.71. The molecule has 0 aliphatic rings. The second-order valence-corrected chi connectivity index (χ2v) is 8.91. The summed E-state index contributed by atoms with van der Waals surface area (Å²) >= 11 is 0. The van der Waals surface area contributed by atoms with Gasteiger partial charge in [0.25, 0.3) is 5.91 Å². The Labute approximate surface area is 185 Å². The molecule has 0 saturated carbocycles. The van der Waals surface area contributed by atoms with Crippen LogP contribution in [0.5, 0.6) is 0 Å². The fourth-order valence-electron chi connectivity index (χ4n) is 2.88. The number of anilines is 2. The molecule has 0 heterocycles. The van der Waals surface area contributed by atoms with Crippen LogP contribution in [0.4, 0.5) is 15.8 Å². The zero-order chi connectivity index (χ0) is 23.3. The minimum atomic E-state index is -3.76. The maximum atomic E-state index is 13.4. The second-order valence-electron chi connectivity index (χ2n) is 7.14. The van der Waals surface area contributed by atoms with Crippen molar-refractivity contribution in [2.75, 3.05) is 10.6 Å². The van der Waals surface area contributed by atoms with E-state index < -0.39 is 21.7 Å². The molecule has 0 fully saturated rings. The molecule has 0 radical (unpaired) electrons. The van der Waals surface area contributed by atoms with E-state index in [2.05, 4.69) is 15.4 Å². The molecular formula is C23H22FN3O4S. The van der Waals surface area contributed by atoms with Crippen molar-refractivity contribution in [1.29, 1.82) is 0 Å². The van der Waals surface area contributed by atoms with Crippen LogP contribution in [-0.2, 0) is 21.4 Å². The fourth-order valence-corrected chi connectivity index (χ4v) is 3.90. The molecule has 0 aliphatic carbocycles. The van der Waals surface area contributed by atoms with Gasteiger partial charge in [-0.1, -0.05) is 18.2 Å². The first-order chi connectivity index (χ1) is 15.1. The molecule has 0 aliphatic heterocycles. The Balaban J connectivity index is 1.62. The maximum absolute atomic E-state index is 13.4. The van der Waals surface area contributed by atoms with Gasteiger partial charge in [0.15, 0.2) is 0 Å². The van der Waals surface area contributed by atoms with Crippen LogP contribution < -0.4 is 15.4 Å². The number of aryl methyl sites for hydroxylation is 1. The summed E-state index contributed by atoms with van der Waals surface area (Å²) in [5, 5.41) is 5.24. The Bertz CT molecular complexity index is 1240. The van der Waals surface area contributed by atoms with Crippen molar-refractivity contribution < 1.29 is 22.4 Å². The minimum Gasteiger partial charge on any atom is -0.326 e. The van der Waals surface area contributed by atoms with E-state index in [0.717, 1.165) is 5.56 Å². The SMILES string of the molecule is CC(=O)Nc1ccc(S(=O)(=O)NCc2ccc(C(=O)Nc3cc(F)ccc3C)cc2)cc1. The molecule has 2 amide bonds. The third-order valence-corrected chi connectivity index (χ3v) is 6.03. The van der Waals surface area contributed by atoms with Gasteiger partial charge < -0.3 is 10.6 Å². The molecule has 3 N–H and O–H groups in total. The van der Waals surface area contributed by atoms with Gasteiger partial charge in [-0.25, -0.2) is 17.5 Å². The summed E-state index contributed by atoms with van der Waals surface area (Å²) in [7, 11) is -3.76. The van der Waals surface area contributed by atoms with Gasteiger partial charge in [-0.15, -0.1) is 0 Å². The average molecular weight is 456 g/mol. The van der Waals surface area contributed by atoms with E-state index in [1.165, 1.54) is 43.3 Å². The normalized spacial score (nSPS) is 11.1. The molecule has 9 heteroatoms. The maximum Gasteiger partial charge on any atom is 0.255 e. The first-order valence-electron chi connectivity index (χ1n) is 9.68. The van der Waals surface area contributed by atoms with Crippen molar-refractivity contribution in [3.8, 4) is 0 Å². The molecule has 32 heavy (non-hydrogen) atoms. The number of rotatable bonds is 7. The largest absolute Gasteiger partial charge is 0.326 e. The van der Waals surface area contributed by atoms with E-state index in [-0.39, 0.29) is 17.3 Å². The van der Waals surface area contributed by atoms with Crippen LogP contribution in [0.3, 0.4) is 0 Å². The van der Waals surface area contributed by atoms with Crippen molar-refractivity contribution in [2.45, 2.75) is 25.3 Å². The molecule has 3 aromatic carbocycles. The van der Waals surface area contributed by atoms with Crippen LogP contribution in [0.1, 0.15) is 28.4 Å². The van der Waals surface area contributed by atoms with E-state index in [9.17, 15) is 22.4 Å². The number of sulfonamides is 1. The minimum absolute atomic E-state index is 0.0285. The van der Waals surface area contributed by atoms with E-state index in [1.54, 1.807) is 37.3 Å². The fraction of sp³-hybridized carbons (Fsp3) is 0.130. The lowest BCUT2D eigenvalue weighted by molar-refractivity contribution is -0.114. The Morgan fingerprint density at radius 2 is 1.56 bits per heavy atom. The number of hydrogen-bond donors (Lipinski definition) is 3. The molecule has 0 unspecified atom stereocenters. The molecule has 166 valence electrons. The number of halogens is 1. The van der Waals surface area contributed by atoms with E-state index >= 15 is 0 Å². The molecule has 0 aromatic heterocycles. The van der Waals surface area contributed by atoms with Gasteiger partial charge in [0.2, 0.25) is 15.9 Å². The van der Waals surface area contributed by atoms with Gasteiger partial charge in [-0.2, -0.15) is 0 Å². The highest BCUT2D eigenvalue weighted by Gasteiger charge is 2.14. The number of hydrogen-bond acceptors (Lipinski definition) is 4. The van der Waals surface area contributed by atoms with Crippen LogP contribution in [-0.4, -0.2) is 20.2 Å². The monoisotopic (exact) mass is 455 g/mol. The smallest absolute Gasteiger partial charge is 0.255 e. The Morgan fingerprint density at radius 3 is 2.19 bits per heavy atom. The van der Waals surface area contributed by atoms with Gasteiger partial charge in [0.1, 0.15) is 5.82 Å². The van der Waals surface area contributed by atoms with Gasteiger partial charge in [0.05, 0.1) is 4.90 Å². The highest BCUT2D eigenvalue weighted by Crippen LogP contribution is 2.18. The summed E-state index contributed by atoms with van der Waals surface area (Å²) in [4.78, 5) is 23.5. The van der Waals surface area contributed by atoms with Crippen molar-refractivity contribution in [3.63, 3.8) is 0 Å². The highest BCUT2D eigenvalue weighted by molar-refractivity contribution is 7.89. The number of nitrogens with one attached hydrogen (secondary N) is 3. The zero-order valence-electron chi connectivity index (χ0n) is 17.5. The Kier molecular flexibility index (Phi) is 7.01. The predicted molar refractivity (Wildman–Crippen MR) is 120 cm³/mol. The average Bonchev–Trinajstić information content (AvgIpc) is 2.75. The van der Waals surface area contributed by atoms with E-state index in [4.69, 9.17) is 0 Å². The van der Waals surface area contributed by atoms with Crippen LogP contribution in [0, 0.1) is 12.7 Å². The quantitative estimate of drug-likeness (QED) is 0.504. The Morgan fingerprint density at radius 1 is 0.906 bits per heavy atom. The first kappa shape index (κ1) is 23.1. The molecule has 3 rings (SSSR count). The van der Waals surface area contributed by atoms with Crippen molar-refractivity contribution in [1.82, 2.24) is 4.72 Å².